The van der Waals surface area contributed by atoms with E-state index in [1.807, 2.05) is 48.5 Å². The molecule has 0 amide bonds. The van der Waals surface area contributed by atoms with Crippen molar-refractivity contribution in [2.75, 3.05) is 11.5 Å². The van der Waals surface area contributed by atoms with Gasteiger partial charge in [-0.2, -0.15) is 0 Å². The fourth-order valence-electron chi connectivity index (χ4n) is 5.43. The SMILES string of the molecule is CC(C)C1Cc2c(sc3c2c2nnc(SCC(=O)c4ccc(Br)cc4)n2c2ccc(SCC(=O)c4ccc(Br)cc4)n32)CO1. The maximum atomic E-state index is 13.1. The molecule has 0 radical (unpaired) electrons. The lowest BCUT2D eigenvalue weighted by Crippen LogP contribution is -2.26. The maximum absolute atomic E-state index is 13.1. The summed E-state index contributed by atoms with van der Waals surface area (Å²) in [5.41, 5.74) is 4.28. The summed E-state index contributed by atoms with van der Waals surface area (Å²) in [6.45, 7) is 4.94. The van der Waals surface area contributed by atoms with E-state index in [1.165, 1.54) is 34.0 Å². The first-order valence-corrected chi connectivity index (χ1v) is 18.4. The van der Waals surface area contributed by atoms with Gasteiger partial charge in [-0.05, 0) is 47.9 Å². The normalized spacial score (nSPS) is 15.1. The number of nitrogens with zero attached hydrogens (tertiary/aromatic N) is 4. The second-order valence-electron chi connectivity index (χ2n) is 10.9. The van der Waals surface area contributed by atoms with Crippen LogP contribution in [-0.4, -0.2) is 48.2 Å². The van der Waals surface area contributed by atoms with Gasteiger partial charge in [-0.1, -0.05) is 93.5 Å². The molecule has 0 N–H and O–H groups in total. The molecular weight excluding hydrogens is 744 g/mol. The van der Waals surface area contributed by atoms with Gasteiger partial charge >= 0.3 is 0 Å². The van der Waals surface area contributed by atoms with Crippen molar-refractivity contribution in [3.05, 3.63) is 91.2 Å². The van der Waals surface area contributed by atoms with Crippen molar-refractivity contribution >= 4 is 99.8 Å². The molecule has 5 heterocycles. The molecule has 7 nitrogen and oxygen atoms in total. The zero-order chi connectivity index (χ0) is 30.5. The quantitative estimate of drug-likeness (QED) is 0.108. The number of thiophene rings is 1. The Balaban J connectivity index is 1.31. The van der Waals surface area contributed by atoms with Crippen LogP contribution in [0.3, 0.4) is 0 Å². The van der Waals surface area contributed by atoms with E-state index in [0.29, 0.717) is 34.6 Å². The van der Waals surface area contributed by atoms with Crippen LogP contribution in [0.25, 0.3) is 21.5 Å². The van der Waals surface area contributed by atoms with E-state index in [9.17, 15) is 9.59 Å². The highest BCUT2D eigenvalue weighted by Crippen LogP contribution is 2.42. The van der Waals surface area contributed by atoms with Crippen molar-refractivity contribution in [2.45, 2.75) is 43.2 Å². The number of ketones is 2. The number of ether oxygens (including phenoxy) is 1. The van der Waals surface area contributed by atoms with E-state index in [-0.39, 0.29) is 23.4 Å². The molecule has 1 aliphatic heterocycles. The molecule has 0 saturated carbocycles. The molecule has 0 bridgehead atoms. The molecule has 0 spiro atoms. The lowest BCUT2D eigenvalue weighted by molar-refractivity contribution is 0.00203. The van der Waals surface area contributed by atoms with Crippen molar-refractivity contribution in [2.24, 2.45) is 5.92 Å². The Kier molecular flexibility index (Phi) is 8.49. The van der Waals surface area contributed by atoms with Gasteiger partial charge in [0, 0.05) is 31.4 Å². The minimum Gasteiger partial charge on any atom is -0.372 e. The molecule has 4 aromatic heterocycles. The van der Waals surface area contributed by atoms with Crippen LogP contribution in [0.1, 0.15) is 45.0 Å². The van der Waals surface area contributed by atoms with Crippen molar-refractivity contribution < 1.29 is 14.3 Å². The number of halogens is 2. The Morgan fingerprint density at radius 1 is 0.909 bits per heavy atom. The highest BCUT2D eigenvalue weighted by molar-refractivity contribution is 9.10. The first-order chi connectivity index (χ1) is 21.3. The molecule has 0 aliphatic carbocycles. The van der Waals surface area contributed by atoms with Gasteiger partial charge in [0.1, 0.15) is 10.5 Å². The average molecular weight is 771 g/mol. The summed E-state index contributed by atoms with van der Waals surface area (Å²) in [6, 6.07) is 19.0. The van der Waals surface area contributed by atoms with Crippen LogP contribution in [0.5, 0.6) is 0 Å². The molecule has 44 heavy (non-hydrogen) atoms. The van der Waals surface area contributed by atoms with E-state index in [2.05, 4.69) is 71.7 Å². The van der Waals surface area contributed by atoms with Gasteiger partial charge in [0.15, 0.2) is 22.4 Å². The Morgan fingerprint density at radius 3 is 2.18 bits per heavy atom. The topological polar surface area (TPSA) is 78.0 Å². The molecule has 0 saturated heterocycles. The van der Waals surface area contributed by atoms with Crippen molar-refractivity contribution in [3.63, 3.8) is 0 Å². The fourth-order valence-corrected chi connectivity index (χ4v) is 9.04. The van der Waals surface area contributed by atoms with Crippen molar-refractivity contribution in [1.82, 2.24) is 19.0 Å². The molecule has 0 fully saturated rings. The van der Waals surface area contributed by atoms with Gasteiger partial charge in [0.2, 0.25) is 0 Å². The highest BCUT2D eigenvalue weighted by Gasteiger charge is 2.30. The molecule has 1 atom stereocenters. The third-order valence-electron chi connectivity index (χ3n) is 7.78. The number of carbonyl (C=O) groups excluding carboxylic acids is 2. The number of benzene rings is 2. The number of carbonyl (C=O) groups is 2. The van der Waals surface area contributed by atoms with Crippen LogP contribution in [0.4, 0.5) is 0 Å². The highest BCUT2D eigenvalue weighted by atomic mass is 79.9. The molecule has 12 heteroatoms. The number of thioether (sulfide) groups is 2. The minimum atomic E-state index is 0.0271. The molecule has 2 aromatic carbocycles. The van der Waals surface area contributed by atoms with Gasteiger partial charge in [-0.3, -0.25) is 18.4 Å². The average Bonchev–Trinajstić information content (AvgIpc) is 3.73. The summed E-state index contributed by atoms with van der Waals surface area (Å²) in [4.78, 5) is 28.4. The van der Waals surface area contributed by atoms with Gasteiger partial charge in [0.05, 0.1) is 34.6 Å². The molecule has 224 valence electrons. The second-order valence-corrected chi connectivity index (χ2v) is 15.8. The number of aromatic nitrogens is 4. The summed E-state index contributed by atoms with van der Waals surface area (Å²) in [6.07, 6.45) is 0.926. The number of hydrogen-bond acceptors (Lipinski definition) is 8. The first kappa shape index (κ1) is 30.2. The van der Waals surface area contributed by atoms with Crippen LogP contribution in [0, 0.1) is 5.92 Å². The van der Waals surface area contributed by atoms with E-state index >= 15 is 0 Å². The first-order valence-electron chi connectivity index (χ1n) is 14.1. The Morgan fingerprint density at radius 2 is 1.55 bits per heavy atom. The lowest BCUT2D eigenvalue weighted by Gasteiger charge is -2.26. The number of fused-ring (bicyclic) bond motifs is 8. The molecule has 6 aromatic rings. The Labute approximate surface area is 283 Å². The molecule has 1 aliphatic rings. The predicted octanol–water partition coefficient (Wildman–Crippen LogP) is 8.77. The fraction of sp³-hybridized carbons (Fsp3) is 0.250. The third kappa shape index (κ3) is 5.58. The Bertz CT molecular complexity index is 2050. The third-order valence-corrected chi connectivity index (χ3v) is 12.0. The van der Waals surface area contributed by atoms with E-state index < -0.39 is 0 Å². The summed E-state index contributed by atoms with van der Waals surface area (Å²) < 4.78 is 12.4. The summed E-state index contributed by atoms with van der Waals surface area (Å²) in [5, 5.41) is 12.0. The predicted molar refractivity (Wildman–Crippen MR) is 185 cm³/mol. The summed E-state index contributed by atoms with van der Waals surface area (Å²) in [7, 11) is 0. The molecule has 7 rings (SSSR count). The largest absolute Gasteiger partial charge is 0.372 e. The number of rotatable bonds is 9. The van der Waals surface area contributed by atoms with Gasteiger partial charge < -0.3 is 4.74 Å². The molecular formula is C32H26Br2N4O3S3. The number of hydrogen-bond donors (Lipinski definition) is 0. The van der Waals surface area contributed by atoms with Crippen LogP contribution in [0.15, 0.2) is 79.8 Å². The van der Waals surface area contributed by atoms with Gasteiger partial charge in [-0.25, -0.2) is 0 Å². The lowest BCUT2D eigenvalue weighted by atomic mass is 9.96. The van der Waals surface area contributed by atoms with Gasteiger partial charge in [-0.15, -0.1) is 21.5 Å². The summed E-state index contributed by atoms with van der Waals surface area (Å²) >= 11 is 11.5. The van der Waals surface area contributed by atoms with Crippen molar-refractivity contribution in [1.29, 1.82) is 0 Å². The number of Topliss-reactive ketones (excluding diaryl/α,β-unsaturated/α-hetero) is 2. The van der Waals surface area contributed by atoms with E-state index in [4.69, 9.17) is 9.84 Å². The van der Waals surface area contributed by atoms with Gasteiger partial charge in [0.25, 0.3) is 0 Å². The van der Waals surface area contributed by atoms with E-state index in [0.717, 1.165) is 41.9 Å². The standard InChI is InChI=1S/C32H26Br2N4O3S3/c1-17(2)25-13-22-26(14-41-25)44-31-29(22)30-35-36-32(43-16-24(40)19-5-9-21(34)10-6-19)38(30)27-11-12-28(37(27)31)42-15-23(39)18-3-7-20(33)8-4-18/h3-12,17,25H,13-16H2,1-2H3. The zero-order valence-corrected chi connectivity index (χ0v) is 29.4. The smallest absolute Gasteiger partial charge is 0.197 e. The second kappa shape index (κ2) is 12.4. The van der Waals surface area contributed by atoms with Crippen molar-refractivity contribution in [3.8, 4) is 0 Å². The summed E-state index contributed by atoms with van der Waals surface area (Å²) in [5.74, 6) is 1.03. The van der Waals surface area contributed by atoms with Crippen LogP contribution < -0.4 is 0 Å². The van der Waals surface area contributed by atoms with Crippen LogP contribution in [-0.2, 0) is 17.8 Å². The molecule has 1 unspecified atom stereocenters. The van der Waals surface area contributed by atoms with E-state index in [1.54, 1.807) is 11.3 Å². The zero-order valence-electron chi connectivity index (χ0n) is 23.8. The maximum Gasteiger partial charge on any atom is 0.197 e. The van der Waals surface area contributed by atoms with Crippen LogP contribution in [0.2, 0.25) is 0 Å². The Hall–Kier alpha value is -2.48. The minimum absolute atomic E-state index is 0.0271. The van der Waals surface area contributed by atoms with Crippen LogP contribution >= 0.6 is 66.7 Å². The monoisotopic (exact) mass is 768 g/mol.